The lowest BCUT2D eigenvalue weighted by Crippen LogP contribution is -2.18. The van der Waals surface area contributed by atoms with Crippen molar-refractivity contribution in [1.29, 1.82) is 0 Å². The second-order valence-corrected chi connectivity index (χ2v) is 4.33. The molecule has 1 aromatic heterocycles. The van der Waals surface area contributed by atoms with Crippen LogP contribution < -0.4 is 5.73 Å². The van der Waals surface area contributed by atoms with E-state index in [1.54, 1.807) is 11.3 Å². The molecule has 0 spiro atoms. The van der Waals surface area contributed by atoms with Gasteiger partial charge in [-0.1, -0.05) is 27.2 Å². The Morgan fingerprint density at radius 3 is 2.69 bits per heavy atom. The van der Waals surface area contributed by atoms with Crippen LogP contribution in [0.15, 0.2) is 5.38 Å². The molecule has 1 rings (SSSR count). The third-order valence-electron chi connectivity index (χ3n) is 2.47. The minimum atomic E-state index is 0.121. The van der Waals surface area contributed by atoms with E-state index >= 15 is 0 Å². The molecule has 0 saturated carbocycles. The lowest BCUT2D eigenvalue weighted by Gasteiger charge is -2.14. The summed E-state index contributed by atoms with van der Waals surface area (Å²) in [6, 6.07) is 0.121. The summed E-state index contributed by atoms with van der Waals surface area (Å²) in [6.07, 6.45) is 2.12. The first-order chi connectivity index (χ1) is 6.19. The Morgan fingerprint density at radius 2 is 2.23 bits per heavy atom. The molecule has 0 radical (unpaired) electrons. The monoisotopic (exact) mass is 198 g/mol. The fraction of sp³-hybridized carbons (Fsp3) is 0.700. The van der Waals surface area contributed by atoms with Crippen molar-refractivity contribution in [2.24, 2.45) is 11.7 Å². The van der Waals surface area contributed by atoms with Crippen LogP contribution in [0.5, 0.6) is 0 Å². The molecule has 2 nitrogen and oxygen atoms in total. The smallest absolute Gasteiger partial charge is 0.110 e. The number of rotatable bonds is 4. The van der Waals surface area contributed by atoms with E-state index in [0.717, 1.165) is 17.8 Å². The SMILES string of the molecule is CCc1csc([C@@H](N)[C@@H](C)CC)n1. The van der Waals surface area contributed by atoms with E-state index in [-0.39, 0.29) is 6.04 Å². The standard InChI is InChI=1S/C10H18N2S/c1-4-7(3)9(11)10-12-8(5-2)6-13-10/h6-7,9H,4-5,11H2,1-3H3/t7-,9-/m0/s1. The van der Waals surface area contributed by atoms with Gasteiger partial charge in [-0.25, -0.2) is 4.98 Å². The lowest BCUT2D eigenvalue weighted by atomic mass is 10.0. The number of aromatic nitrogens is 1. The Labute approximate surface area is 84.2 Å². The Balaban J connectivity index is 2.70. The second-order valence-electron chi connectivity index (χ2n) is 3.44. The summed E-state index contributed by atoms with van der Waals surface area (Å²) in [6.45, 7) is 6.46. The van der Waals surface area contributed by atoms with Gasteiger partial charge >= 0.3 is 0 Å². The molecule has 0 fully saturated rings. The van der Waals surface area contributed by atoms with Crippen molar-refractivity contribution in [3.8, 4) is 0 Å². The van der Waals surface area contributed by atoms with E-state index in [1.807, 2.05) is 0 Å². The topological polar surface area (TPSA) is 38.9 Å². The molecule has 0 amide bonds. The maximum Gasteiger partial charge on any atom is 0.110 e. The van der Waals surface area contributed by atoms with Gasteiger partial charge < -0.3 is 5.73 Å². The van der Waals surface area contributed by atoms with E-state index in [9.17, 15) is 0 Å². The molecule has 0 saturated heterocycles. The summed E-state index contributed by atoms with van der Waals surface area (Å²) in [4.78, 5) is 4.49. The van der Waals surface area contributed by atoms with Gasteiger partial charge in [-0.3, -0.25) is 0 Å². The Hall–Kier alpha value is -0.410. The van der Waals surface area contributed by atoms with Gasteiger partial charge in [0.1, 0.15) is 5.01 Å². The zero-order chi connectivity index (χ0) is 9.84. The molecular weight excluding hydrogens is 180 g/mol. The first-order valence-corrected chi connectivity index (χ1v) is 5.76. The number of hydrogen-bond donors (Lipinski definition) is 1. The second kappa shape index (κ2) is 4.72. The van der Waals surface area contributed by atoms with Crippen LogP contribution in [0.4, 0.5) is 0 Å². The van der Waals surface area contributed by atoms with E-state index in [4.69, 9.17) is 5.73 Å². The van der Waals surface area contributed by atoms with Crippen LogP contribution in [0, 0.1) is 5.92 Å². The number of hydrogen-bond acceptors (Lipinski definition) is 3. The maximum absolute atomic E-state index is 6.06. The summed E-state index contributed by atoms with van der Waals surface area (Å²) in [5, 5.41) is 3.20. The van der Waals surface area contributed by atoms with Gasteiger partial charge in [0.15, 0.2) is 0 Å². The van der Waals surface area contributed by atoms with Crippen molar-refractivity contribution in [2.75, 3.05) is 0 Å². The van der Waals surface area contributed by atoms with Crippen LogP contribution in [0.1, 0.15) is 43.9 Å². The normalized spacial score (nSPS) is 15.7. The van der Waals surface area contributed by atoms with Crippen LogP contribution in [-0.2, 0) is 6.42 Å². The largest absolute Gasteiger partial charge is 0.322 e. The molecule has 74 valence electrons. The number of thiazole rings is 1. The van der Waals surface area contributed by atoms with E-state index in [0.29, 0.717) is 5.92 Å². The summed E-state index contributed by atoms with van der Waals surface area (Å²) >= 11 is 1.69. The molecule has 0 aliphatic heterocycles. The predicted molar refractivity (Wildman–Crippen MR) is 57.9 cm³/mol. The van der Waals surface area contributed by atoms with Crippen molar-refractivity contribution in [3.05, 3.63) is 16.1 Å². The number of aryl methyl sites for hydroxylation is 1. The molecule has 3 heteroatoms. The van der Waals surface area contributed by atoms with Crippen molar-refractivity contribution >= 4 is 11.3 Å². The highest BCUT2D eigenvalue weighted by Gasteiger charge is 2.16. The van der Waals surface area contributed by atoms with Crippen LogP contribution >= 0.6 is 11.3 Å². The molecular formula is C10H18N2S. The molecule has 0 aromatic carbocycles. The van der Waals surface area contributed by atoms with Gasteiger partial charge in [-0.2, -0.15) is 0 Å². The van der Waals surface area contributed by atoms with Crippen LogP contribution in [-0.4, -0.2) is 4.98 Å². The summed E-state index contributed by atoms with van der Waals surface area (Å²) in [5.41, 5.74) is 7.23. The molecule has 13 heavy (non-hydrogen) atoms. The first kappa shape index (κ1) is 10.7. The van der Waals surface area contributed by atoms with Gasteiger partial charge in [0, 0.05) is 5.38 Å². The molecule has 0 unspecified atom stereocenters. The van der Waals surface area contributed by atoms with Gasteiger partial charge in [-0.05, 0) is 12.3 Å². The van der Waals surface area contributed by atoms with E-state index < -0.39 is 0 Å². The fourth-order valence-corrected chi connectivity index (χ4v) is 2.17. The van der Waals surface area contributed by atoms with Crippen molar-refractivity contribution in [3.63, 3.8) is 0 Å². The van der Waals surface area contributed by atoms with Crippen LogP contribution in [0.25, 0.3) is 0 Å². The Kier molecular flexibility index (Phi) is 3.88. The van der Waals surface area contributed by atoms with Crippen molar-refractivity contribution in [1.82, 2.24) is 4.98 Å². The van der Waals surface area contributed by atoms with Crippen LogP contribution in [0.2, 0.25) is 0 Å². The van der Waals surface area contributed by atoms with E-state index in [2.05, 4.69) is 31.1 Å². The first-order valence-electron chi connectivity index (χ1n) is 4.88. The van der Waals surface area contributed by atoms with Crippen molar-refractivity contribution < 1.29 is 0 Å². The molecule has 2 atom stereocenters. The third kappa shape index (κ3) is 2.51. The van der Waals surface area contributed by atoms with Gasteiger partial charge in [0.25, 0.3) is 0 Å². The highest BCUT2D eigenvalue weighted by Crippen LogP contribution is 2.24. The average molecular weight is 198 g/mol. The van der Waals surface area contributed by atoms with Gasteiger partial charge in [0.2, 0.25) is 0 Å². The quantitative estimate of drug-likeness (QED) is 0.808. The third-order valence-corrected chi connectivity index (χ3v) is 3.47. The zero-order valence-electron chi connectivity index (χ0n) is 8.58. The average Bonchev–Trinajstić information content (AvgIpc) is 2.63. The van der Waals surface area contributed by atoms with Crippen LogP contribution in [0.3, 0.4) is 0 Å². The minimum Gasteiger partial charge on any atom is -0.322 e. The molecule has 0 aliphatic carbocycles. The molecule has 2 N–H and O–H groups in total. The molecule has 0 bridgehead atoms. The highest BCUT2D eigenvalue weighted by molar-refractivity contribution is 7.09. The van der Waals surface area contributed by atoms with Crippen molar-refractivity contribution in [2.45, 2.75) is 39.7 Å². The summed E-state index contributed by atoms with van der Waals surface area (Å²) in [7, 11) is 0. The zero-order valence-corrected chi connectivity index (χ0v) is 9.40. The Bertz CT molecular complexity index is 257. The molecule has 1 aromatic rings. The van der Waals surface area contributed by atoms with E-state index in [1.165, 1.54) is 5.69 Å². The summed E-state index contributed by atoms with van der Waals surface area (Å²) in [5.74, 6) is 0.524. The lowest BCUT2D eigenvalue weighted by molar-refractivity contribution is 0.455. The predicted octanol–water partition coefficient (Wildman–Crippen LogP) is 2.75. The minimum absolute atomic E-state index is 0.121. The summed E-state index contributed by atoms with van der Waals surface area (Å²) < 4.78 is 0. The molecule has 0 aliphatic rings. The van der Waals surface area contributed by atoms with Gasteiger partial charge in [0.05, 0.1) is 11.7 Å². The molecule has 1 heterocycles. The fourth-order valence-electron chi connectivity index (χ4n) is 1.14. The maximum atomic E-state index is 6.06. The van der Waals surface area contributed by atoms with Gasteiger partial charge in [-0.15, -0.1) is 11.3 Å². The number of nitrogens with two attached hydrogens (primary N) is 1. The Morgan fingerprint density at radius 1 is 1.54 bits per heavy atom. The highest BCUT2D eigenvalue weighted by atomic mass is 32.1. The number of nitrogens with zero attached hydrogens (tertiary/aromatic N) is 1.